The molecule has 1 aromatic carbocycles. The maximum Gasteiger partial charge on any atom is 0.0440 e. The van der Waals surface area contributed by atoms with Crippen molar-refractivity contribution in [2.45, 2.75) is 113 Å². The van der Waals surface area contributed by atoms with Gasteiger partial charge in [-0.15, -0.1) is 0 Å². The summed E-state index contributed by atoms with van der Waals surface area (Å²) in [5, 5.41) is 0. The summed E-state index contributed by atoms with van der Waals surface area (Å²) in [5.74, 6) is 0.918. The molecule has 4 atom stereocenters. The van der Waals surface area contributed by atoms with E-state index < -0.39 is 0 Å². The fourth-order valence-electron chi connectivity index (χ4n) is 6.35. The number of nitrogens with zero attached hydrogens (tertiary/aromatic N) is 1. The lowest BCUT2D eigenvalue weighted by atomic mass is 9.47. The molecular weight excluding hydrogens is 398 g/mol. The monoisotopic (exact) mass is 449 g/mol. The van der Waals surface area contributed by atoms with Gasteiger partial charge in [0.2, 0.25) is 0 Å². The van der Waals surface area contributed by atoms with E-state index in [4.69, 9.17) is 4.98 Å². The highest BCUT2D eigenvalue weighted by atomic mass is 14.7. The van der Waals surface area contributed by atoms with Gasteiger partial charge in [0.1, 0.15) is 0 Å². The average Bonchev–Trinajstić information content (AvgIpc) is 2.83. The van der Waals surface area contributed by atoms with Crippen LogP contribution in [0.3, 0.4) is 0 Å². The molecule has 0 spiro atoms. The van der Waals surface area contributed by atoms with Crippen LogP contribution in [0, 0.1) is 21.7 Å². The van der Waals surface area contributed by atoms with Crippen LogP contribution in [0.1, 0.15) is 124 Å². The number of aromatic nitrogens is 1. The molecule has 1 heterocycles. The lowest BCUT2D eigenvalue weighted by Gasteiger charge is -2.57. The Morgan fingerprint density at radius 3 is 1.70 bits per heavy atom. The quantitative estimate of drug-likeness (QED) is 0.314. The van der Waals surface area contributed by atoms with Gasteiger partial charge in [-0.1, -0.05) is 125 Å². The van der Waals surface area contributed by atoms with Crippen molar-refractivity contribution in [1.82, 2.24) is 4.98 Å². The second kappa shape index (κ2) is 10.7. The summed E-state index contributed by atoms with van der Waals surface area (Å²) < 4.78 is 0. The maximum atomic E-state index is 4.89. The molecule has 4 unspecified atom stereocenters. The third-order valence-electron chi connectivity index (χ3n) is 9.91. The molecule has 0 saturated heterocycles. The first kappa shape index (κ1) is 27.6. The predicted octanol–water partition coefficient (Wildman–Crippen LogP) is 10.0. The molecule has 0 saturated carbocycles. The first-order chi connectivity index (χ1) is 15.4. The van der Waals surface area contributed by atoms with Crippen LogP contribution in [0.5, 0.6) is 0 Å². The zero-order chi connectivity index (χ0) is 24.9. The fourth-order valence-corrected chi connectivity index (χ4v) is 6.35. The normalized spacial score (nSPS) is 18.2. The van der Waals surface area contributed by atoms with E-state index >= 15 is 0 Å². The topological polar surface area (TPSA) is 12.9 Å². The average molecular weight is 450 g/mol. The molecule has 0 aliphatic rings. The summed E-state index contributed by atoms with van der Waals surface area (Å²) in [5.41, 5.74) is 3.49. The van der Waals surface area contributed by atoms with Gasteiger partial charge in [-0.3, -0.25) is 4.98 Å². The number of hydrogen-bond acceptors (Lipinski definition) is 1. The molecule has 0 amide bonds. The van der Waals surface area contributed by atoms with Crippen molar-refractivity contribution in [3.05, 3.63) is 66.0 Å². The largest absolute Gasteiger partial charge is 0.261 e. The molecule has 2 rings (SSSR count). The smallest absolute Gasteiger partial charge is 0.0440 e. The standard InChI is InChI=1S/C32H51N/c1-11-29(5,6)26(27-22-18-19-23-33-27)24-31(9,13-3)32(10,14-4)28(30(7,8)12-2)25-20-16-15-17-21-25/h15-23,26,28H,11-14,24H2,1-10H3. The zero-order valence-corrected chi connectivity index (χ0v) is 23.3. The summed E-state index contributed by atoms with van der Waals surface area (Å²) in [6.07, 6.45) is 7.80. The molecule has 1 heteroatoms. The Labute approximate surface area is 205 Å². The molecule has 0 bridgehead atoms. The lowest BCUT2D eigenvalue weighted by Crippen LogP contribution is -2.48. The second-order valence-electron chi connectivity index (χ2n) is 12.2. The van der Waals surface area contributed by atoms with Gasteiger partial charge in [-0.25, -0.2) is 0 Å². The van der Waals surface area contributed by atoms with Gasteiger partial charge in [0, 0.05) is 17.8 Å². The predicted molar refractivity (Wildman–Crippen MR) is 146 cm³/mol. The Bertz CT molecular complexity index is 837. The van der Waals surface area contributed by atoms with Crippen molar-refractivity contribution in [3.8, 4) is 0 Å². The number of pyridine rings is 1. The highest BCUT2D eigenvalue weighted by molar-refractivity contribution is 5.27. The van der Waals surface area contributed by atoms with Crippen molar-refractivity contribution in [1.29, 1.82) is 0 Å². The Hall–Kier alpha value is -1.63. The number of rotatable bonds is 12. The van der Waals surface area contributed by atoms with Gasteiger partial charge >= 0.3 is 0 Å². The van der Waals surface area contributed by atoms with E-state index in [2.05, 4.69) is 112 Å². The summed E-state index contributed by atoms with van der Waals surface area (Å²) in [4.78, 5) is 4.89. The van der Waals surface area contributed by atoms with Crippen LogP contribution in [0.4, 0.5) is 0 Å². The van der Waals surface area contributed by atoms with Gasteiger partial charge in [-0.2, -0.15) is 0 Å². The maximum absolute atomic E-state index is 4.89. The summed E-state index contributed by atoms with van der Waals surface area (Å²) in [6, 6.07) is 17.8. The first-order valence-electron chi connectivity index (χ1n) is 13.4. The van der Waals surface area contributed by atoms with Crippen molar-refractivity contribution in [2.75, 3.05) is 0 Å². The van der Waals surface area contributed by atoms with Crippen LogP contribution < -0.4 is 0 Å². The Kier molecular flexibility index (Phi) is 8.99. The van der Waals surface area contributed by atoms with E-state index in [1.807, 2.05) is 12.3 Å². The highest BCUT2D eigenvalue weighted by Gasteiger charge is 2.53. The molecule has 184 valence electrons. The summed E-state index contributed by atoms with van der Waals surface area (Å²) in [6.45, 7) is 24.6. The van der Waals surface area contributed by atoms with Gasteiger partial charge in [0.25, 0.3) is 0 Å². The second-order valence-corrected chi connectivity index (χ2v) is 12.2. The molecule has 0 N–H and O–H groups in total. The molecule has 33 heavy (non-hydrogen) atoms. The lowest BCUT2D eigenvalue weighted by molar-refractivity contribution is -0.0353. The van der Waals surface area contributed by atoms with E-state index in [1.54, 1.807) is 0 Å². The van der Waals surface area contributed by atoms with E-state index in [0.29, 0.717) is 11.8 Å². The van der Waals surface area contributed by atoms with E-state index in [0.717, 1.165) is 12.8 Å². The fraction of sp³-hybridized carbons (Fsp3) is 0.656. The van der Waals surface area contributed by atoms with Gasteiger partial charge < -0.3 is 0 Å². The van der Waals surface area contributed by atoms with E-state index in [-0.39, 0.29) is 21.7 Å². The van der Waals surface area contributed by atoms with Crippen LogP contribution in [-0.4, -0.2) is 4.98 Å². The Morgan fingerprint density at radius 2 is 1.24 bits per heavy atom. The minimum absolute atomic E-state index is 0.152. The molecule has 0 aliphatic heterocycles. The SMILES string of the molecule is CCC(C)(C)C(CC(C)(CC)C(C)(CC)C(c1ccccc1)C(C)(C)CC)c1ccccn1. The van der Waals surface area contributed by atoms with Crippen LogP contribution in [0.15, 0.2) is 54.7 Å². The van der Waals surface area contributed by atoms with Crippen LogP contribution >= 0.6 is 0 Å². The molecule has 0 aliphatic carbocycles. The van der Waals surface area contributed by atoms with Crippen LogP contribution in [0.2, 0.25) is 0 Å². The molecule has 1 nitrogen and oxygen atoms in total. The van der Waals surface area contributed by atoms with E-state index in [9.17, 15) is 0 Å². The first-order valence-corrected chi connectivity index (χ1v) is 13.4. The van der Waals surface area contributed by atoms with E-state index in [1.165, 1.54) is 30.5 Å². The molecule has 2 aromatic rings. The van der Waals surface area contributed by atoms with Gasteiger partial charge in [0.15, 0.2) is 0 Å². The third kappa shape index (κ3) is 5.55. The van der Waals surface area contributed by atoms with Crippen LogP contribution in [-0.2, 0) is 0 Å². The van der Waals surface area contributed by atoms with Crippen LogP contribution in [0.25, 0.3) is 0 Å². The molecule has 0 radical (unpaired) electrons. The molecule has 1 aromatic heterocycles. The van der Waals surface area contributed by atoms with Crippen molar-refractivity contribution >= 4 is 0 Å². The Balaban J connectivity index is 2.68. The summed E-state index contributed by atoms with van der Waals surface area (Å²) in [7, 11) is 0. The van der Waals surface area contributed by atoms with Gasteiger partial charge in [-0.05, 0) is 58.1 Å². The summed E-state index contributed by atoms with van der Waals surface area (Å²) >= 11 is 0. The number of hydrogen-bond donors (Lipinski definition) is 0. The van der Waals surface area contributed by atoms with Gasteiger partial charge in [0.05, 0.1) is 0 Å². The Morgan fingerprint density at radius 1 is 0.667 bits per heavy atom. The zero-order valence-electron chi connectivity index (χ0n) is 23.3. The third-order valence-corrected chi connectivity index (χ3v) is 9.91. The highest BCUT2D eigenvalue weighted by Crippen LogP contribution is 2.63. The van der Waals surface area contributed by atoms with Crippen molar-refractivity contribution < 1.29 is 0 Å². The van der Waals surface area contributed by atoms with Crippen molar-refractivity contribution in [2.24, 2.45) is 21.7 Å². The van der Waals surface area contributed by atoms with Crippen molar-refractivity contribution in [3.63, 3.8) is 0 Å². The molecular formula is C32H51N. The molecule has 0 fully saturated rings. The minimum atomic E-state index is 0.152. The minimum Gasteiger partial charge on any atom is -0.261 e. The number of benzene rings is 1.